The standard InChI is InChI=1S/C12H23NO2S/c1-4-11(12(14)15-2)13-9-6-5-7-10(8-9)16-3/h9-11,13H,4-8H2,1-3H3. The lowest BCUT2D eigenvalue weighted by Gasteiger charge is -2.31. The van der Waals surface area contributed by atoms with Crippen LogP contribution in [0.4, 0.5) is 0 Å². The second-order valence-electron chi connectivity index (χ2n) is 4.37. The molecule has 0 saturated heterocycles. The summed E-state index contributed by atoms with van der Waals surface area (Å²) >= 11 is 1.94. The lowest BCUT2D eigenvalue weighted by molar-refractivity contribution is -0.143. The summed E-state index contributed by atoms with van der Waals surface area (Å²) in [6.07, 6.45) is 7.91. The smallest absolute Gasteiger partial charge is 0.322 e. The fourth-order valence-electron chi connectivity index (χ4n) is 2.29. The van der Waals surface area contributed by atoms with Gasteiger partial charge in [-0.1, -0.05) is 13.3 Å². The van der Waals surface area contributed by atoms with Gasteiger partial charge >= 0.3 is 5.97 Å². The zero-order chi connectivity index (χ0) is 12.0. The van der Waals surface area contributed by atoms with E-state index in [0.29, 0.717) is 6.04 Å². The Labute approximate surface area is 103 Å². The number of rotatable bonds is 5. The Balaban J connectivity index is 2.42. The maximum absolute atomic E-state index is 11.5. The number of esters is 1. The molecule has 1 aliphatic carbocycles. The number of hydrogen-bond donors (Lipinski definition) is 1. The number of nitrogens with one attached hydrogen (secondary N) is 1. The van der Waals surface area contributed by atoms with Gasteiger partial charge < -0.3 is 10.1 Å². The Bertz CT molecular complexity index is 223. The van der Waals surface area contributed by atoms with Crippen LogP contribution in [0.1, 0.15) is 39.0 Å². The van der Waals surface area contributed by atoms with Gasteiger partial charge in [-0.05, 0) is 31.9 Å². The molecule has 0 aromatic carbocycles. The largest absolute Gasteiger partial charge is 0.468 e. The van der Waals surface area contributed by atoms with E-state index in [2.05, 4.69) is 11.6 Å². The van der Waals surface area contributed by atoms with Crippen LogP contribution >= 0.6 is 11.8 Å². The highest BCUT2D eigenvalue weighted by Crippen LogP contribution is 2.27. The minimum absolute atomic E-state index is 0.129. The van der Waals surface area contributed by atoms with E-state index in [-0.39, 0.29) is 12.0 Å². The van der Waals surface area contributed by atoms with Gasteiger partial charge in [-0.15, -0.1) is 0 Å². The zero-order valence-corrected chi connectivity index (χ0v) is 11.3. The summed E-state index contributed by atoms with van der Waals surface area (Å²) in [5.74, 6) is -0.131. The summed E-state index contributed by atoms with van der Waals surface area (Å²) in [5.41, 5.74) is 0. The van der Waals surface area contributed by atoms with Crippen molar-refractivity contribution in [2.24, 2.45) is 0 Å². The van der Waals surface area contributed by atoms with Crippen molar-refractivity contribution in [1.29, 1.82) is 0 Å². The topological polar surface area (TPSA) is 38.3 Å². The molecule has 1 aliphatic rings. The van der Waals surface area contributed by atoms with Crippen molar-refractivity contribution in [3.63, 3.8) is 0 Å². The van der Waals surface area contributed by atoms with Crippen LogP contribution in [0, 0.1) is 0 Å². The van der Waals surface area contributed by atoms with Gasteiger partial charge in [0.2, 0.25) is 0 Å². The average Bonchev–Trinajstić information content (AvgIpc) is 2.35. The van der Waals surface area contributed by atoms with Crippen molar-refractivity contribution in [2.75, 3.05) is 13.4 Å². The molecule has 0 bridgehead atoms. The fraction of sp³-hybridized carbons (Fsp3) is 0.917. The van der Waals surface area contributed by atoms with E-state index in [9.17, 15) is 4.79 Å². The van der Waals surface area contributed by atoms with E-state index >= 15 is 0 Å². The minimum Gasteiger partial charge on any atom is -0.468 e. The molecule has 0 radical (unpaired) electrons. The first-order valence-corrected chi connectivity index (χ1v) is 7.36. The van der Waals surface area contributed by atoms with Crippen molar-refractivity contribution in [3.05, 3.63) is 0 Å². The third-order valence-electron chi connectivity index (χ3n) is 3.29. The summed E-state index contributed by atoms with van der Waals surface area (Å²) < 4.78 is 4.79. The van der Waals surface area contributed by atoms with Crippen LogP contribution in [0.5, 0.6) is 0 Å². The van der Waals surface area contributed by atoms with Gasteiger partial charge in [0.25, 0.3) is 0 Å². The highest BCUT2D eigenvalue weighted by Gasteiger charge is 2.25. The summed E-state index contributed by atoms with van der Waals surface area (Å²) in [5, 5.41) is 4.18. The SMILES string of the molecule is CCC(NC1CCCC(SC)C1)C(=O)OC. The van der Waals surface area contributed by atoms with Gasteiger partial charge in [0.1, 0.15) is 6.04 Å². The Morgan fingerprint density at radius 1 is 1.56 bits per heavy atom. The Morgan fingerprint density at radius 3 is 2.88 bits per heavy atom. The first-order valence-electron chi connectivity index (χ1n) is 6.07. The molecular formula is C12H23NO2S. The van der Waals surface area contributed by atoms with Crippen LogP contribution in [0.3, 0.4) is 0 Å². The Morgan fingerprint density at radius 2 is 2.31 bits per heavy atom. The Hall–Kier alpha value is -0.220. The van der Waals surface area contributed by atoms with Crippen LogP contribution in [-0.2, 0) is 9.53 Å². The van der Waals surface area contributed by atoms with E-state index in [0.717, 1.165) is 11.7 Å². The maximum Gasteiger partial charge on any atom is 0.322 e. The lowest BCUT2D eigenvalue weighted by Crippen LogP contribution is -2.45. The molecule has 16 heavy (non-hydrogen) atoms. The van der Waals surface area contributed by atoms with Crippen molar-refractivity contribution in [3.8, 4) is 0 Å². The van der Waals surface area contributed by atoms with E-state index in [1.165, 1.54) is 32.8 Å². The van der Waals surface area contributed by atoms with E-state index in [1.807, 2.05) is 18.7 Å². The van der Waals surface area contributed by atoms with Crippen LogP contribution in [0.2, 0.25) is 0 Å². The van der Waals surface area contributed by atoms with Gasteiger partial charge in [0, 0.05) is 11.3 Å². The third-order valence-corrected chi connectivity index (χ3v) is 4.39. The summed E-state index contributed by atoms with van der Waals surface area (Å²) in [7, 11) is 1.46. The van der Waals surface area contributed by atoms with Gasteiger partial charge in [-0.25, -0.2) is 0 Å². The quantitative estimate of drug-likeness (QED) is 0.754. The second kappa shape index (κ2) is 7.17. The molecule has 1 fully saturated rings. The number of thioether (sulfide) groups is 1. The van der Waals surface area contributed by atoms with Gasteiger partial charge in [-0.2, -0.15) is 11.8 Å². The van der Waals surface area contributed by atoms with Crippen molar-refractivity contribution < 1.29 is 9.53 Å². The third kappa shape index (κ3) is 3.98. The molecule has 0 aliphatic heterocycles. The van der Waals surface area contributed by atoms with E-state index in [4.69, 9.17) is 4.74 Å². The monoisotopic (exact) mass is 245 g/mol. The molecule has 94 valence electrons. The number of hydrogen-bond acceptors (Lipinski definition) is 4. The molecule has 0 amide bonds. The molecule has 4 heteroatoms. The van der Waals surface area contributed by atoms with Gasteiger partial charge in [0.05, 0.1) is 7.11 Å². The average molecular weight is 245 g/mol. The molecule has 0 spiro atoms. The summed E-state index contributed by atoms with van der Waals surface area (Å²) in [6.45, 7) is 2.02. The van der Waals surface area contributed by atoms with Gasteiger partial charge in [-0.3, -0.25) is 4.79 Å². The highest BCUT2D eigenvalue weighted by atomic mass is 32.2. The number of ether oxygens (including phenoxy) is 1. The van der Waals surface area contributed by atoms with Crippen molar-refractivity contribution >= 4 is 17.7 Å². The predicted molar refractivity (Wildman–Crippen MR) is 68.8 cm³/mol. The fourth-order valence-corrected chi connectivity index (χ4v) is 3.12. The normalized spacial score (nSPS) is 27.4. The molecule has 0 aromatic heterocycles. The second-order valence-corrected chi connectivity index (χ2v) is 5.51. The van der Waals surface area contributed by atoms with Crippen LogP contribution < -0.4 is 5.32 Å². The number of carbonyl (C=O) groups excluding carboxylic acids is 1. The lowest BCUT2D eigenvalue weighted by atomic mass is 9.94. The highest BCUT2D eigenvalue weighted by molar-refractivity contribution is 7.99. The molecule has 1 rings (SSSR count). The molecule has 1 N–H and O–H groups in total. The first kappa shape index (κ1) is 13.8. The number of methoxy groups -OCH3 is 1. The molecule has 0 heterocycles. The minimum atomic E-state index is -0.131. The first-order chi connectivity index (χ1) is 7.71. The molecular weight excluding hydrogens is 222 g/mol. The molecule has 3 atom stereocenters. The molecule has 1 saturated carbocycles. The van der Waals surface area contributed by atoms with Crippen molar-refractivity contribution in [2.45, 2.75) is 56.4 Å². The molecule has 3 unspecified atom stereocenters. The van der Waals surface area contributed by atoms with Crippen LogP contribution in [0.15, 0.2) is 0 Å². The van der Waals surface area contributed by atoms with E-state index in [1.54, 1.807) is 0 Å². The van der Waals surface area contributed by atoms with Crippen LogP contribution in [-0.4, -0.2) is 36.7 Å². The van der Waals surface area contributed by atoms with E-state index < -0.39 is 0 Å². The zero-order valence-electron chi connectivity index (χ0n) is 10.5. The van der Waals surface area contributed by atoms with Crippen molar-refractivity contribution in [1.82, 2.24) is 5.32 Å². The maximum atomic E-state index is 11.5. The van der Waals surface area contributed by atoms with Gasteiger partial charge in [0.15, 0.2) is 0 Å². The predicted octanol–water partition coefficient (Wildman–Crippen LogP) is 2.20. The number of carbonyl (C=O) groups is 1. The summed E-state index contributed by atoms with van der Waals surface area (Å²) in [6, 6.07) is 0.353. The summed E-state index contributed by atoms with van der Waals surface area (Å²) in [4.78, 5) is 11.5. The molecule has 3 nitrogen and oxygen atoms in total. The molecule has 0 aromatic rings. The van der Waals surface area contributed by atoms with Crippen LogP contribution in [0.25, 0.3) is 0 Å². The Kier molecular flexibility index (Phi) is 6.21.